The van der Waals surface area contributed by atoms with Crippen molar-refractivity contribution in [2.24, 2.45) is 0 Å². The Morgan fingerprint density at radius 1 is 1.21 bits per heavy atom. The molecule has 5 nitrogen and oxygen atoms in total. The van der Waals surface area contributed by atoms with E-state index in [1.165, 1.54) is 0 Å². The molecular formula is C13H12ClN5. The minimum atomic E-state index is 0.610. The van der Waals surface area contributed by atoms with E-state index >= 15 is 0 Å². The number of aromatic nitrogens is 4. The fourth-order valence-electron chi connectivity index (χ4n) is 1.92. The van der Waals surface area contributed by atoms with Gasteiger partial charge < -0.3 is 5.32 Å². The van der Waals surface area contributed by atoms with Gasteiger partial charge in [0.1, 0.15) is 5.52 Å². The van der Waals surface area contributed by atoms with E-state index in [4.69, 9.17) is 11.6 Å². The SMILES string of the molecule is CNCc1nc(-n2nnc3ccccc32)ccc1Cl. The van der Waals surface area contributed by atoms with Crippen LogP contribution in [0.2, 0.25) is 5.02 Å². The maximum Gasteiger partial charge on any atom is 0.156 e. The number of benzene rings is 1. The van der Waals surface area contributed by atoms with Crippen molar-refractivity contribution in [1.29, 1.82) is 0 Å². The van der Waals surface area contributed by atoms with E-state index in [9.17, 15) is 0 Å². The van der Waals surface area contributed by atoms with Crippen LogP contribution < -0.4 is 5.32 Å². The Hall–Kier alpha value is -1.98. The number of hydrogen-bond acceptors (Lipinski definition) is 4. The van der Waals surface area contributed by atoms with Crippen molar-refractivity contribution in [2.75, 3.05) is 7.05 Å². The number of halogens is 1. The standard InChI is InChI=1S/C13H12ClN5/c1-15-8-11-9(14)6-7-13(16-11)19-12-5-3-2-4-10(12)17-18-19/h2-7,15H,8H2,1H3. The largest absolute Gasteiger partial charge is 0.314 e. The maximum absolute atomic E-state index is 6.11. The number of para-hydroxylation sites is 1. The summed E-state index contributed by atoms with van der Waals surface area (Å²) in [5.74, 6) is 0.711. The van der Waals surface area contributed by atoms with Gasteiger partial charge in [-0.1, -0.05) is 28.9 Å². The fraction of sp³-hybridized carbons (Fsp3) is 0.154. The molecule has 0 radical (unpaired) electrons. The molecule has 1 aromatic carbocycles. The lowest BCUT2D eigenvalue weighted by Crippen LogP contribution is -2.10. The van der Waals surface area contributed by atoms with Crippen molar-refractivity contribution in [1.82, 2.24) is 25.3 Å². The zero-order valence-electron chi connectivity index (χ0n) is 10.3. The Morgan fingerprint density at radius 3 is 2.89 bits per heavy atom. The number of fused-ring (bicyclic) bond motifs is 1. The molecule has 3 rings (SSSR count). The van der Waals surface area contributed by atoms with E-state index < -0.39 is 0 Å². The van der Waals surface area contributed by atoms with Crippen LogP contribution in [0.1, 0.15) is 5.69 Å². The molecule has 0 aliphatic carbocycles. The minimum absolute atomic E-state index is 0.610. The Kier molecular flexibility index (Phi) is 3.15. The van der Waals surface area contributed by atoms with Crippen molar-refractivity contribution < 1.29 is 0 Å². The van der Waals surface area contributed by atoms with E-state index in [0.717, 1.165) is 16.7 Å². The molecule has 1 N–H and O–H groups in total. The highest BCUT2D eigenvalue weighted by Gasteiger charge is 2.09. The average Bonchev–Trinajstić information content (AvgIpc) is 2.85. The number of nitrogens with one attached hydrogen (secondary N) is 1. The molecule has 6 heteroatoms. The number of hydrogen-bond donors (Lipinski definition) is 1. The molecule has 0 fully saturated rings. The van der Waals surface area contributed by atoms with Crippen LogP contribution in [0.3, 0.4) is 0 Å². The van der Waals surface area contributed by atoms with Crippen LogP contribution in [0.4, 0.5) is 0 Å². The van der Waals surface area contributed by atoms with Crippen LogP contribution in [-0.4, -0.2) is 27.0 Å². The summed E-state index contributed by atoms with van der Waals surface area (Å²) in [6.07, 6.45) is 0. The molecule has 2 aromatic heterocycles. The van der Waals surface area contributed by atoms with Crippen molar-refractivity contribution in [3.8, 4) is 5.82 Å². The lowest BCUT2D eigenvalue weighted by Gasteiger charge is -2.06. The molecule has 0 atom stereocenters. The molecule has 0 saturated carbocycles. The first-order valence-electron chi connectivity index (χ1n) is 5.90. The van der Waals surface area contributed by atoms with Crippen LogP contribution in [0, 0.1) is 0 Å². The summed E-state index contributed by atoms with van der Waals surface area (Å²) in [7, 11) is 1.86. The van der Waals surface area contributed by atoms with Crippen LogP contribution in [0.15, 0.2) is 36.4 Å². The lowest BCUT2D eigenvalue weighted by molar-refractivity contribution is 0.759. The second-order valence-corrected chi connectivity index (χ2v) is 4.53. The van der Waals surface area contributed by atoms with Crippen molar-refractivity contribution >= 4 is 22.6 Å². The zero-order valence-corrected chi connectivity index (χ0v) is 11.1. The van der Waals surface area contributed by atoms with Crippen molar-refractivity contribution in [3.05, 3.63) is 47.1 Å². The predicted molar refractivity (Wildman–Crippen MR) is 74.4 cm³/mol. The Labute approximate surface area is 115 Å². The third-order valence-corrected chi connectivity index (χ3v) is 3.16. The van der Waals surface area contributed by atoms with Gasteiger partial charge in [-0.3, -0.25) is 0 Å². The first kappa shape index (κ1) is 12.1. The van der Waals surface area contributed by atoms with Gasteiger partial charge in [-0.2, -0.15) is 4.68 Å². The molecular weight excluding hydrogens is 262 g/mol. The lowest BCUT2D eigenvalue weighted by atomic mass is 10.3. The van der Waals surface area contributed by atoms with Gasteiger partial charge in [0, 0.05) is 6.54 Å². The van der Waals surface area contributed by atoms with Gasteiger partial charge in [0.05, 0.1) is 16.2 Å². The topological polar surface area (TPSA) is 55.6 Å². The molecule has 3 aromatic rings. The second kappa shape index (κ2) is 4.95. The summed E-state index contributed by atoms with van der Waals surface area (Å²) in [6, 6.07) is 11.4. The van der Waals surface area contributed by atoms with E-state index in [-0.39, 0.29) is 0 Å². The average molecular weight is 274 g/mol. The van der Waals surface area contributed by atoms with Gasteiger partial charge in [-0.05, 0) is 31.3 Å². The highest BCUT2D eigenvalue weighted by molar-refractivity contribution is 6.31. The predicted octanol–water partition coefficient (Wildman–Crippen LogP) is 2.19. The highest BCUT2D eigenvalue weighted by Crippen LogP contribution is 2.18. The number of rotatable bonds is 3. The van der Waals surface area contributed by atoms with Crippen LogP contribution in [0.25, 0.3) is 16.9 Å². The van der Waals surface area contributed by atoms with E-state index in [0.29, 0.717) is 17.4 Å². The van der Waals surface area contributed by atoms with Crippen LogP contribution >= 0.6 is 11.6 Å². The summed E-state index contributed by atoms with van der Waals surface area (Å²) in [4.78, 5) is 4.52. The molecule has 96 valence electrons. The molecule has 19 heavy (non-hydrogen) atoms. The van der Waals surface area contributed by atoms with Gasteiger partial charge >= 0.3 is 0 Å². The van der Waals surface area contributed by atoms with Gasteiger partial charge in [-0.15, -0.1) is 5.10 Å². The van der Waals surface area contributed by atoms with Crippen LogP contribution in [-0.2, 0) is 6.54 Å². The second-order valence-electron chi connectivity index (χ2n) is 4.12. The first-order valence-corrected chi connectivity index (χ1v) is 6.28. The van der Waals surface area contributed by atoms with Gasteiger partial charge in [0.25, 0.3) is 0 Å². The smallest absolute Gasteiger partial charge is 0.156 e. The molecule has 0 amide bonds. The van der Waals surface area contributed by atoms with E-state index in [1.54, 1.807) is 4.68 Å². The summed E-state index contributed by atoms with van der Waals surface area (Å²) in [5.41, 5.74) is 2.56. The summed E-state index contributed by atoms with van der Waals surface area (Å²) >= 11 is 6.11. The normalized spacial score (nSPS) is 11.1. The first-order chi connectivity index (χ1) is 9.29. The van der Waals surface area contributed by atoms with Crippen molar-refractivity contribution in [3.63, 3.8) is 0 Å². The Morgan fingerprint density at radius 2 is 2.05 bits per heavy atom. The fourth-order valence-corrected chi connectivity index (χ4v) is 2.09. The third kappa shape index (κ3) is 2.18. The van der Waals surface area contributed by atoms with E-state index in [1.807, 2.05) is 43.4 Å². The van der Waals surface area contributed by atoms with E-state index in [2.05, 4.69) is 20.6 Å². The number of nitrogens with zero attached hydrogens (tertiary/aromatic N) is 4. The Bertz CT molecular complexity index is 722. The molecule has 0 spiro atoms. The summed E-state index contributed by atoms with van der Waals surface area (Å²) in [6.45, 7) is 0.610. The summed E-state index contributed by atoms with van der Waals surface area (Å²) < 4.78 is 1.71. The van der Waals surface area contributed by atoms with Crippen LogP contribution in [0.5, 0.6) is 0 Å². The molecule has 0 unspecified atom stereocenters. The monoisotopic (exact) mass is 273 g/mol. The molecule has 0 saturated heterocycles. The molecule has 0 aliphatic heterocycles. The number of pyridine rings is 1. The zero-order chi connectivity index (χ0) is 13.2. The highest BCUT2D eigenvalue weighted by atomic mass is 35.5. The molecule has 0 bridgehead atoms. The Balaban J connectivity index is 2.13. The molecule has 2 heterocycles. The maximum atomic E-state index is 6.11. The van der Waals surface area contributed by atoms with Gasteiger partial charge in [0.2, 0.25) is 0 Å². The van der Waals surface area contributed by atoms with Crippen molar-refractivity contribution in [2.45, 2.75) is 6.54 Å². The van der Waals surface area contributed by atoms with Gasteiger partial charge in [0.15, 0.2) is 5.82 Å². The van der Waals surface area contributed by atoms with Gasteiger partial charge in [-0.25, -0.2) is 4.98 Å². The molecule has 0 aliphatic rings. The minimum Gasteiger partial charge on any atom is -0.314 e. The summed E-state index contributed by atoms with van der Waals surface area (Å²) in [5, 5.41) is 11.9. The third-order valence-electron chi connectivity index (χ3n) is 2.82. The quantitative estimate of drug-likeness (QED) is 0.795.